The van der Waals surface area contributed by atoms with Crippen LogP contribution >= 0.6 is 34.8 Å². The summed E-state index contributed by atoms with van der Waals surface area (Å²) in [5.74, 6) is -0.399. The Morgan fingerprint density at radius 1 is 1.00 bits per heavy atom. The highest BCUT2D eigenvalue weighted by atomic mass is 35.5. The van der Waals surface area contributed by atoms with Crippen molar-refractivity contribution in [2.24, 2.45) is 0 Å². The Hall–Kier alpha value is -1.75. The van der Waals surface area contributed by atoms with Crippen LogP contribution < -0.4 is 5.32 Å². The van der Waals surface area contributed by atoms with E-state index in [0.717, 1.165) is 17.5 Å². The molecule has 0 saturated heterocycles. The third-order valence-electron chi connectivity index (χ3n) is 4.81. The maximum Gasteiger partial charge on any atom is 0.242 e. The normalized spacial score (nSPS) is 12.9. The number of carbonyl (C=O) groups is 2. The number of carbonyl (C=O) groups excluding carboxylic acids is 2. The fourth-order valence-electron chi connectivity index (χ4n) is 2.78. The average Bonchev–Trinajstić information content (AvgIpc) is 2.69. The molecule has 0 bridgehead atoms. The first-order valence-electron chi connectivity index (χ1n) is 9.50. The molecule has 2 rings (SSSR count). The smallest absolute Gasteiger partial charge is 0.242 e. The summed E-state index contributed by atoms with van der Waals surface area (Å²) in [6.45, 7) is 5.88. The van der Waals surface area contributed by atoms with E-state index < -0.39 is 6.04 Å². The van der Waals surface area contributed by atoms with Gasteiger partial charge in [-0.15, -0.1) is 0 Å². The lowest BCUT2D eigenvalue weighted by atomic mass is 10.1. The van der Waals surface area contributed by atoms with Gasteiger partial charge in [0.2, 0.25) is 11.8 Å². The molecule has 156 valence electrons. The van der Waals surface area contributed by atoms with Gasteiger partial charge in [0, 0.05) is 17.6 Å². The zero-order valence-corrected chi connectivity index (χ0v) is 19.0. The highest BCUT2D eigenvalue weighted by Crippen LogP contribution is 2.24. The zero-order chi connectivity index (χ0) is 21.6. The summed E-state index contributed by atoms with van der Waals surface area (Å²) in [5, 5.41) is 4.31. The summed E-state index contributed by atoms with van der Waals surface area (Å²) >= 11 is 18.3. The van der Waals surface area contributed by atoms with Crippen molar-refractivity contribution < 1.29 is 9.59 Å². The third-order valence-corrected chi connectivity index (χ3v) is 5.91. The number of benzene rings is 2. The van der Waals surface area contributed by atoms with E-state index in [1.807, 2.05) is 32.0 Å². The van der Waals surface area contributed by atoms with Crippen LogP contribution in [0.5, 0.6) is 0 Å². The molecule has 2 aromatic rings. The number of rotatable bonds is 8. The van der Waals surface area contributed by atoms with Crippen molar-refractivity contribution in [2.75, 3.05) is 0 Å². The van der Waals surface area contributed by atoms with Crippen LogP contribution in [0.4, 0.5) is 0 Å². The Labute approximate surface area is 187 Å². The van der Waals surface area contributed by atoms with Gasteiger partial charge in [0.15, 0.2) is 0 Å². The van der Waals surface area contributed by atoms with Crippen LogP contribution in [0.25, 0.3) is 0 Å². The van der Waals surface area contributed by atoms with E-state index in [4.69, 9.17) is 34.8 Å². The fourth-order valence-corrected chi connectivity index (χ4v) is 3.30. The van der Waals surface area contributed by atoms with E-state index in [1.54, 1.807) is 36.1 Å². The predicted molar refractivity (Wildman–Crippen MR) is 120 cm³/mol. The SMILES string of the molecule is CC[C@H](C)NC(=O)[C@H](C)N(Cc1ccccc1Cl)C(=O)Cc1ccc(Cl)c(Cl)c1. The van der Waals surface area contributed by atoms with Gasteiger partial charge in [0.25, 0.3) is 0 Å². The van der Waals surface area contributed by atoms with Gasteiger partial charge in [-0.2, -0.15) is 0 Å². The average molecular weight is 456 g/mol. The molecule has 7 heteroatoms. The molecule has 0 aromatic heterocycles. The number of nitrogens with one attached hydrogen (secondary N) is 1. The van der Waals surface area contributed by atoms with Crippen LogP contribution in [0.15, 0.2) is 42.5 Å². The minimum Gasteiger partial charge on any atom is -0.352 e. The summed E-state index contributed by atoms with van der Waals surface area (Å²) in [6, 6.07) is 11.7. The lowest BCUT2D eigenvalue weighted by Crippen LogP contribution is -2.49. The van der Waals surface area contributed by atoms with Gasteiger partial charge in [-0.1, -0.05) is 66.0 Å². The third kappa shape index (κ3) is 6.63. The fraction of sp³-hybridized carbons (Fsp3) is 0.364. The van der Waals surface area contributed by atoms with Gasteiger partial charge >= 0.3 is 0 Å². The van der Waals surface area contributed by atoms with E-state index >= 15 is 0 Å². The van der Waals surface area contributed by atoms with Crippen molar-refractivity contribution in [2.45, 2.75) is 52.2 Å². The lowest BCUT2D eigenvalue weighted by Gasteiger charge is -2.30. The standard InChI is InChI=1S/C22H25Cl3N2O2/c1-4-14(2)26-22(29)15(3)27(13-17-7-5-6-8-18(17)23)21(28)12-16-9-10-19(24)20(25)11-16/h5-11,14-15H,4,12-13H2,1-3H3,(H,26,29)/t14-,15-/m0/s1. The molecular weight excluding hydrogens is 431 g/mol. The molecule has 0 aliphatic heterocycles. The molecule has 0 unspecified atom stereocenters. The van der Waals surface area contributed by atoms with Crippen LogP contribution in [-0.2, 0) is 22.6 Å². The Balaban J connectivity index is 2.27. The van der Waals surface area contributed by atoms with Crippen molar-refractivity contribution in [1.29, 1.82) is 0 Å². The summed E-state index contributed by atoms with van der Waals surface area (Å²) in [7, 11) is 0. The Bertz CT molecular complexity index is 873. The molecule has 2 atom stereocenters. The van der Waals surface area contributed by atoms with Crippen molar-refractivity contribution in [3.8, 4) is 0 Å². The number of halogens is 3. The molecule has 0 radical (unpaired) electrons. The minimum absolute atomic E-state index is 0.0253. The summed E-state index contributed by atoms with van der Waals surface area (Å²) < 4.78 is 0. The van der Waals surface area contributed by atoms with Crippen molar-refractivity contribution in [1.82, 2.24) is 10.2 Å². The topological polar surface area (TPSA) is 49.4 Å². The highest BCUT2D eigenvalue weighted by Gasteiger charge is 2.27. The van der Waals surface area contributed by atoms with Gasteiger partial charge in [0.1, 0.15) is 6.04 Å². The summed E-state index contributed by atoms with van der Waals surface area (Å²) in [4.78, 5) is 27.4. The second-order valence-electron chi connectivity index (χ2n) is 7.03. The summed E-state index contributed by atoms with van der Waals surface area (Å²) in [6.07, 6.45) is 0.905. The van der Waals surface area contributed by atoms with Crippen molar-refractivity contribution in [3.63, 3.8) is 0 Å². The molecule has 0 fully saturated rings. The molecule has 0 saturated carbocycles. The second-order valence-corrected chi connectivity index (χ2v) is 8.25. The molecule has 1 N–H and O–H groups in total. The molecule has 0 spiro atoms. The van der Waals surface area contributed by atoms with Crippen LogP contribution in [0.3, 0.4) is 0 Å². The van der Waals surface area contributed by atoms with E-state index in [-0.39, 0.29) is 30.8 Å². The molecule has 29 heavy (non-hydrogen) atoms. The van der Waals surface area contributed by atoms with Gasteiger partial charge in [-0.25, -0.2) is 0 Å². The monoisotopic (exact) mass is 454 g/mol. The maximum absolute atomic E-state index is 13.2. The molecule has 2 aromatic carbocycles. The molecule has 2 amide bonds. The van der Waals surface area contributed by atoms with Crippen LogP contribution in [0.1, 0.15) is 38.3 Å². The van der Waals surface area contributed by atoms with Crippen molar-refractivity contribution >= 4 is 46.6 Å². The Kier molecular flexibility index (Phi) is 8.81. The van der Waals surface area contributed by atoms with Gasteiger partial charge in [-0.05, 0) is 49.6 Å². The van der Waals surface area contributed by atoms with E-state index in [9.17, 15) is 9.59 Å². The first kappa shape index (κ1) is 23.5. The quantitative estimate of drug-likeness (QED) is 0.569. The van der Waals surface area contributed by atoms with Gasteiger partial charge in [-0.3, -0.25) is 9.59 Å². The van der Waals surface area contributed by atoms with Crippen LogP contribution in [-0.4, -0.2) is 28.8 Å². The van der Waals surface area contributed by atoms with Gasteiger partial charge in [0.05, 0.1) is 16.5 Å². The van der Waals surface area contributed by atoms with E-state index in [1.165, 1.54) is 0 Å². The second kappa shape index (κ2) is 10.9. The highest BCUT2D eigenvalue weighted by molar-refractivity contribution is 6.42. The molecule has 0 aliphatic carbocycles. The number of nitrogens with zero attached hydrogens (tertiary/aromatic N) is 1. The molecular formula is C22H25Cl3N2O2. The molecule has 4 nitrogen and oxygen atoms in total. The zero-order valence-electron chi connectivity index (χ0n) is 16.7. The van der Waals surface area contributed by atoms with Crippen LogP contribution in [0, 0.1) is 0 Å². The van der Waals surface area contributed by atoms with Crippen LogP contribution in [0.2, 0.25) is 15.1 Å². The van der Waals surface area contributed by atoms with E-state index in [2.05, 4.69) is 5.32 Å². The molecule has 0 heterocycles. The number of hydrogen-bond donors (Lipinski definition) is 1. The van der Waals surface area contributed by atoms with Crippen molar-refractivity contribution in [3.05, 3.63) is 68.7 Å². The number of hydrogen-bond acceptors (Lipinski definition) is 2. The molecule has 0 aliphatic rings. The number of amides is 2. The Morgan fingerprint density at radius 3 is 2.31 bits per heavy atom. The first-order valence-corrected chi connectivity index (χ1v) is 10.6. The Morgan fingerprint density at radius 2 is 1.69 bits per heavy atom. The van der Waals surface area contributed by atoms with Gasteiger partial charge < -0.3 is 10.2 Å². The van der Waals surface area contributed by atoms with E-state index in [0.29, 0.717) is 15.1 Å². The largest absolute Gasteiger partial charge is 0.352 e. The minimum atomic E-state index is -0.657. The predicted octanol–water partition coefficient (Wildman–Crippen LogP) is 5.52. The maximum atomic E-state index is 13.2. The first-order chi connectivity index (χ1) is 13.7. The summed E-state index contributed by atoms with van der Waals surface area (Å²) in [5.41, 5.74) is 1.50. The lowest BCUT2D eigenvalue weighted by molar-refractivity contribution is -0.140.